The highest BCUT2D eigenvalue weighted by Crippen LogP contribution is 2.18. The van der Waals surface area contributed by atoms with Crippen LogP contribution in [0.1, 0.15) is 22.3 Å². The average molecular weight is 1020 g/mol. The van der Waals surface area contributed by atoms with Gasteiger partial charge in [-0.05, 0) is 22.3 Å². The van der Waals surface area contributed by atoms with Gasteiger partial charge in [-0.25, -0.2) is 19.2 Å². The Bertz CT molecular complexity index is 2320. The molecular formula is C52H62N12O10. The molecule has 2 heterocycles. The molecule has 74 heavy (non-hydrogen) atoms. The third-order valence-corrected chi connectivity index (χ3v) is 11.0. The molecule has 6 aromatic rings. The average Bonchev–Trinajstić information content (AvgIpc) is 3.43. The zero-order valence-electron chi connectivity index (χ0n) is 41.7. The maximum Gasteiger partial charge on any atom is 0.328 e. The lowest BCUT2D eigenvalue weighted by molar-refractivity contribution is -0.142. The summed E-state index contributed by atoms with van der Waals surface area (Å²) in [4.78, 5) is 78.9. The first-order chi connectivity index (χ1) is 36.1. The van der Waals surface area contributed by atoms with E-state index in [4.69, 9.17) is 28.4 Å². The molecule has 0 unspecified atom stereocenters. The summed E-state index contributed by atoms with van der Waals surface area (Å²) < 4.78 is 32.0. The first-order valence-electron chi connectivity index (χ1n) is 23.8. The predicted octanol–water partition coefficient (Wildman–Crippen LogP) is 4.40. The number of aromatic nitrogens is 6. The number of carbonyl (C=O) groups excluding carboxylic acids is 4. The Morgan fingerprint density at radius 2 is 0.581 bits per heavy atom. The van der Waals surface area contributed by atoms with Gasteiger partial charge in [-0.15, -0.1) is 0 Å². The Hall–Kier alpha value is -8.50. The molecule has 0 bridgehead atoms. The highest BCUT2D eigenvalue weighted by molar-refractivity contribution is 5.81. The van der Waals surface area contributed by atoms with Crippen molar-refractivity contribution in [1.29, 1.82) is 0 Å². The lowest BCUT2D eigenvalue weighted by Gasteiger charge is -2.20. The predicted molar refractivity (Wildman–Crippen MR) is 277 cm³/mol. The minimum absolute atomic E-state index is 0.0571. The molecule has 6 N–H and O–H groups in total. The van der Waals surface area contributed by atoms with Crippen molar-refractivity contribution in [3.8, 4) is 0 Å². The van der Waals surface area contributed by atoms with Crippen LogP contribution in [0.15, 0.2) is 121 Å². The van der Waals surface area contributed by atoms with Gasteiger partial charge in [0, 0.05) is 38.8 Å². The van der Waals surface area contributed by atoms with E-state index in [1.54, 1.807) is 0 Å². The monoisotopic (exact) mass is 1010 g/mol. The normalized spacial score (nSPS) is 12.4. The summed E-state index contributed by atoms with van der Waals surface area (Å²) in [6.07, 6.45) is 1.14. The van der Waals surface area contributed by atoms with Crippen LogP contribution in [0.4, 0.5) is 35.7 Å². The van der Waals surface area contributed by atoms with Gasteiger partial charge in [0.15, 0.2) is 0 Å². The number of rotatable bonds is 31. The van der Waals surface area contributed by atoms with E-state index >= 15 is 0 Å². The minimum Gasteiger partial charge on any atom is -0.467 e. The van der Waals surface area contributed by atoms with E-state index in [-0.39, 0.29) is 101 Å². The van der Waals surface area contributed by atoms with E-state index in [9.17, 15) is 19.2 Å². The fourth-order valence-electron chi connectivity index (χ4n) is 7.32. The van der Waals surface area contributed by atoms with Gasteiger partial charge in [0.2, 0.25) is 35.7 Å². The molecule has 0 aliphatic carbocycles. The van der Waals surface area contributed by atoms with Crippen molar-refractivity contribution in [3.63, 3.8) is 0 Å². The lowest BCUT2D eigenvalue weighted by atomic mass is 10.1. The van der Waals surface area contributed by atoms with Crippen LogP contribution in [-0.4, -0.2) is 146 Å². The van der Waals surface area contributed by atoms with E-state index < -0.39 is 48.0 Å². The van der Waals surface area contributed by atoms with Crippen LogP contribution in [0.25, 0.3) is 0 Å². The molecule has 0 fully saturated rings. The molecule has 0 saturated heterocycles. The van der Waals surface area contributed by atoms with Crippen LogP contribution in [0.2, 0.25) is 0 Å². The van der Waals surface area contributed by atoms with Gasteiger partial charge in [-0.1, -0.05) is 121 Å². The third kappa shape index (κ3) is 18.3. The number of nitrogens with one attached hydrogen (secondary N) is 6. The summed E-state index contributed by atoms with van der Waals surface area (Å²) >= 11 is 0. The number of anilines is 6. The molecule has 0 radical (unpaired) electrons. The summed E-state index contributed by atoms with van der Waals surface area (Å²) in [7, 11) is 5.22. The van der Waals surface area contributed by atoms with Crippen molar-refractivity contribution >= 4 is 59.6 Å². The van der Waals surface area contributed by atoms with Crippen molar-refractivity contribution in [3.05, 3.63) is 144 Å². The van der Waals surface area contributed by atoms with Crippen LogP contribution in [0.5, 0.6) is 0 Å². The van der Waals surface area contributed by atoms with Gasteiger partial charge in [0.05, 0.1) is 54.9 Å². The molecule has 22 nitrogen and oxygen atoms in total. The second-order valence-corrected chi connectivity index (χ2v) is 16.3. The van der Waals surface area contributed by atoms with Gasteiger partial charge in [-0.2, -0.15) is 29.9 Å². The molecular weight excluding hydrogens is 953 g/mol. The maximum absolute atomic E-state index is 12.9. The Morgan fingerprint density at radius 3 is 0.811 bits per heavy atom. The molecule has 2 aromatic heterocycles. The summed E-state index contributed by atoms with van der Waals surface area (Å²) in [5.41, 5.74) is 3.54. The van der Waals surface area contributed by atoms with Crippen molar-refractivity contribution < 1.29 is 47.6 Å². The SMILES string of the molecule is COC(=O)[C@H](Cc1ccccc1)Nc1nc(NCCOCCOCCNc2nc(N[C@@H](Cc3ccccc3)C(=O)OC)nc(N[C@@H](Cc3ccccc3)C(=O)OC)n2)nc(N[C@@H](Cc2ccccc2)C(=O)OC)n1. The first-order valence-corrected chi connectivity index (χ1v) is 23.8. The fourth-order valence-corrected chi connectivity index (χ4v) is 7.32. The van der Waals surface area contributed by atoms with Crippen LogP contribution in [-0.2, 0) is 73.3 Å². The van der Waals surface area contributed by atoms with Crippen molar-refractivity contribution in [2.24, 2.45) is 0 Å². The van der Waals surface area contributed by atoms with Crippen LogP contribution in [0, 0.1) is 0 Å². The Balaban J connectivity index is 1.05. The standard InChI is InChI=1S/C52H62N12O10/c1-69-43(65)39(31-35-17-9-5-10-18-35)55-49-59-47(60-50(63-49)56-40(44(66)70-2)32-36-19-11-6-12-20-36)53-25-27-73-29-30-74-28-26-54-48-61-51(57-41(45(67)71-3)33-37-21-13-7-14-22-37)64-52(62-48)58-42(46(68)72-4)34-38-23-15-8-16-24-38/h5-24,39-42H,25-34H2,1-4H3,(H3,53,55,56,59,60,63)(H3,54,57,58,61,62,64)/t39-,40-,41-,42-/m0/s1. The Labute approximate surface area is 429 Å². The highest BCUT2D eigenvalue weighted by atomic mass is 16.5. The highest BCUT2D eigenvalue weighted by Gasteiger charge is 2.26. The van der Waals surface area contributed by atoms with Gasteiger partial charge in [0.25, 0.3) is 0 Å². The molecule has 6 rings (SSSR count). The Morgan fingerprint density at radius 1 is 0.351 bits per heavy atom. The lowest BCUT2D eigenvalue weighted by Crippen LogP contribution is -2.35. The molecule has 0 aliphatic rings. The van der Waals surface area contributed by atoms with Crippen molar-refractivity contribution in [2.45, 2.75) is 49.9 Å². The number of ether oxygens (including phenoxy) is 6. The summed E-state index contributed by atoms with van der Waals surface area (Å²) in [6, 6.07) is 34.3. The molecule has 4 atom stereocenters. The van der Waals surface area contributed by atoms with E-state index in [0.717, 1.165) is 22.3 Å². The number of benzene rings is 4. The van der Waals surface area contributed by atoms with E-state index in [1.165, 1.54) is 28.4 Å². The number of carbonyl (C=O) groups is 4. The molecule has 0 amide bonds. The van der Waals surface area contributed by atoms with Gasteiger partial charge in [-0.3, -0.25) is 0 Å². The summed E-state index contributed by atoms with van der Waals surface area (Å²) in [5.74, 6) is -1.57. The van der Waals surface area contributed by atoms with E-state index in [1.807, 2.05) is 121 Å². The zero-order chi connectivity index (χ0) is 52.3. The molecule has 4 aromatic carbocycles. The van der Waals surface area contributed by atoms with Gasteiger partial charge < -0.3 is 60.3 Å². The fraction of sp³-hybridized carbons (Fsp3) is 0.346. The molecule has 390 valence electrons. The number of methoxy groups -OCH3 is 4. The summed E-state index contributed by atoms with van der Waals surface area (Å²) in [5, 5.41) is 18.6. The first kappa shape index (κ1) is 54.8. The van der Waals surface area contributed by atoms with Gasteiger partial charge in [0.1, 0.15) is 24.2 Å². The van der Waals surface area contributed by atoms with Crippen molar-refractivity contribution in [1.82, 2.24) is 29.9 Å². The number of nitrogens with zero attached hydrogens (tertiary/aromatic N) is 6. The maximum atomic E-state index is 12.9. The van der Waals surface area contributed by atoms with Crippen LogP contribution in [0.3, 0.4) is 0 Å². The second-order valence-electron chi connectivity index (χ2n) is 16.3. The molecule has 0 aliphatic heterocycles. The minimum atomic E-state index is -0.849. The quantitative estimate of drug-likeness (QED) is 0.0200. The smallest absolute Gasteiger partial charge is 0.328 e. The number of hydrogen-bond donors (Lipinski definition) is 6. The topological polar surface area (TPSA) is 273 Å². The number of esters is 4. The van der Waals surface area contributed by atoms with E-state index in [0.29, 0.717) is 0 Å². The molecule has 0 saturated carbocycles. The van der Waals surface area contributed by atoms with E-state index in [2.05, 4.69) is 61.8 Å². The van der Waals surface area contributed by atoms with Crippen LogP contribution >= 0.6 is 0 Å². The van der Waals surface area contributed by atoms with Crippen molar-refractivity contribution in [2.75, 3.05) is 99.9 Å². The molecule has 22 heteroatoms. The second kappa shape index (κ2) is 29.7. The summed E-state index contributed by atoms with van der Waals surface area (Å²) in [6.45, 7) is 1.52. The largest absolute Gasteiger partial charge is 0.467 e. The number of hydrogen-bond acceptors (Lipinski definition) is 22. The molecule has 0 spiro atoms. The third-order valence-electron chi connectivity index (χ3n) is 11.0. The van der Waals surface area contributed by atoms with Gasteiger partial charge >= 0.3 is 23.9 Å². The van der Waals surface area contributed by atoms with Crippen LogP contribution < -0.4 is 31.9 Å². The zero-order valence-corrected chi connectivity index (χ0v) is 41.7. The Kier molecular flexibility index (Phi) is 22.0.